The lowest BCUT2D eigenvalue weighted by Crippen LogP contribution is -2.30. The maximum atomic E-state index is 6.23. The fraction of sp³-hybridized carbons (Fsp3) is 0.294. The van der Waals surface area contributed by atoms with Crippen molar-refractivity contribution in [1.82, 2.24) is 0 Å². The van der Waals surface area contributed by atoms with Gasteiger partial charge in [0.05, 0.1) is 0 Å². The summed E-state index contributed by atoms with van der Waals surface area (Å²) in [5.41, 5.74) is 7.62. The smallest absolute Gasteiger partial charge is 0.119 e. The zero-order chi connectivity index (χ0) is 13.9. The van der Waals surface area contributed by atoms with Crippen molar-refractivity contribution in [1.29, 1.82) is 0 Å². The lowest BCUT2D eigenvalue weighted by atomic mass is 10.1. The Labute approximate surface area is 124 Å². The summed E-state index contributed by atoms with van der Waals surface area (Å²) in [4.78, 5) is 0. The molecular weight excluding hydrogens is 270 g/mol. The van der Waals surface area contributed by atoms with Gasteiger partial charge in [-0.15, -0.1) is 0 Å². The predicted octanol–water partition coefficient (Wildman–Crippen LogP) is 3.85. The van der Waals surface area contributed by atoms with Crippen molar-refractivity contribution in [2.75, 3.05) is 6.61 Å². The summed E-state index contributed by atoms with van der Waals surface area (Å²) in [6.45, 7) is 0.551. The minimum Gasteiger partial charge on any atom is -0.492 e. The molecule has 0 aromatic heterocycles. The fourth-order valence-corrected chi connectivity index (χ4v) is 2.74. The minimum absolute atomic E-state index is 0.0795. The first-order chi connectivity index (χ1) is 9.74. The largest absolute Gasteiger partial charge is 0.492 e. The van der Waals surface area contributed by atoms with E-state index >= 15 is 0 Å². The first-order valence-electron chi connectivity index (χ1n) is 6.93. The van der Waals surface area contributed by atoms with Gasteiger partial charge in [0.1, 0.15) is 12.4 Å². The normalized spacial score (nSPS) is 22.3. The van der Waals surface area contributed by atoms with Crippen molar-refractivity contribution in [2.24, 2.45) is 11.7 Å². The highest BCUT2D eigenvalue weighted by Gasteiger charge is 2.42. The number of hydrogen-bond donors (Lipinski definition) is 1. The molecule has 0 saturated heterocycles. The van der Waals surface area contributed by atoms with Gasteiger partial charge in [0.25, 0.3) is 0 Å². The molecule has 1 aliphatic carbocycles. The summed E-state index contributed by atoms with van der Waals surface area (Å²) in [6.07, 6.45) is 1.16. The maximum absolute atomic E-state index is 6.23. The predicted molar refractivity (Wildman–Crippen MR) is 82.2 cm³/mol. The Hall–Kier alpha value is -1.51. The molecule has 3 heteroatoms. The highest BCUT2D eigenvalue weighted by molar-refractivity contribution is 6.30. The van der Waals surface area contributed by atoms with Gasteiger partial charge in [-0.05, 0) is 48.1 Å². The van der Waals surface area contributed by atoms with E-state index in [4.69, 9.17) is 22.1 Å². The van der Waals surface area contributed by atoms with Gasteiger partial charge >= 0.3 is 0 Å². The van der Waals surface area contributed by atoms with Gasteiger partial charge in [-0.25, -0.2) is 0 Å². The molecule has 3 rings (SSSR count). The van der Waals surface area contributed by atoms with Gasteiger partial charge in [-0.3, -0.25) is 0 Å². The second-order valence-electron chi connectivity index (χ2n) is 5.35. The molecule has 1 fully saturated rings. The monoisotopic (exact) mass is 287 g/mol. The van der Waals surface area contributed by atoms with E-state index in [1.165, 1.54) is 5.56 Å². The molecule has 1 aliphatic rings. The molecule has 0 amide bonds. The Morgan fingerprint density at radius 3 is 2.50 bits per heavy atom. The summed E-state index contributed by atoms with van der Waals surface area (Å²) < 4.78 is 5.72. The molecule has 0 spiro atoms. The van der Waals surface area contributed by atoms with Crippen molar-refractivity contribution in [2.45, 2.75) is 18.4 Å². The number of ether oxygens (including phenoxy) is 1. The van der Waals surface area contributed by atoms with E-state index in [9.17, 15) is 0 Å². The van der Waals surface area contributed by atoms with E-state index in [1.54, 1.807) is 0 Å². The van der Waals surface area contributed by atoms with Gasteiger partial charge < -0.3 is 10.5 Å². The number of rotatable bonds is 5. The van der Waals surface area contributed by atoms with E-state index in [2.05, 4.69) is 24.3 Å². The number of benzene rings is 2. The Bertz CT molecular complexity index is 555. The van der Waals surface area contributed by atoms with Crippen LogP contribution in [0.15, 0.2) is 54.6 Å². The number of nitrogens with two attached hydrogens (primary N) is 1. The average molecular weight is 288 g/mol. The topological polar surface area (TPSA) is 35.2 Å². The van der Waals surface area contributed by atoms with Crippen LogP contribution in [0.2, 0.25) is 5.02 Å². The maximum Gasteiger partial charge on any atom is 0.119 e. The lowest BCUT2D eigenvalue weighted by Gasteiger charge is -2.13. The van der Waals surface area contributed by atoms with Crippen LogP contribution in [0.4, 0.5) is 0 Å². The van der Waals surface area contributed by atoms with Crippen LogP contribution >= 0.6 is 11.6 Å². The molecule has 0 heterocycles. The third-order valence-electron chi connectivity index (χ3n) is 3.87. The molecule has 2 nitrogen and oxygen atoms in total. The lowest BCUT2D eigenvalue weighted by molar-refractivity contribution is 0.274. The van der Waals surface area contributed by atoms with Crippen molar-refractivity contribution in [3.63, 3.8) is 0 Å². The summed E-state index contributed by atoms with van der Waals surface area (Å²) >= 11 is 5.84. The molecular formula is C17H18ClNO. The summed E-state index contributed by atoms with van der Waals surface area (Å²) in [7, 11) is 0. The van der Waals surface area contributed by atoms with E-state index < -0.39 is 0 Å². The summed E-state index contributed by atoms with van der Waals surface area (Å²) in [5, 5.41) is 0.716. The van der Waals surface area contributed by atoms with Gasteiger partial charge in [0.2, 0.25) is 0 Å². The van der Waals surface area contributed by atoms with Crippen LogP contribution in [-0.2, 0) is 0 Å². The molecule has 0 aliphatic heterocycles. The number of hydrogen-bond acceptors (Lipinski definition) is 2. The van der Waals surface area contributed by atoms with E-state index in [0.29, 0.717) is 23.5 Å². The third kappa shape index (κ3) is 3.14. The molecule has 2 aromatic rings. The van der Waals surface area contributed by atoms with Crippen LogP contribution < -0.4 is 10.5 Å². The van der Waals surface area contributed by atoms with Crippen molar-refractivity contribution < 1.29 is 4.74 Å². The summed E-state index contributed by atoms with van der Waals surface area (Å²) in [6, 6.07) is 18.0. The Kier molecular flexibility index (Phi) is 3.95. The van der Waals surface area contributed by atoms with Crippen LogP contribution in [0.25, 0.3) is 0 Å². The molecule has 20 heavy (non-hydrogen) atoms. The summed E-state index contributed by atoms with van der Waals surface area (Å²) in [5.74, 6) is 1.95. The highest BCUT2D eigenvalue weighted by Crippen LogP contribution is 2.48. The van der Waals surface area contributed by atoms with Crippen LogP contribution in [-0.4, -0.2) is 12.6 Å². The molecule has 104 valence electrons. The second-order valence-corrected chi connectivity index (χ2v) is 5.78. The SMILES string of the molecule is NC(COc1ccc(Cl)cc1)C1CC1c1ccccc1. The third-order valence-corrected chi connectivity index (χ3v) is 4.13. The van der Waals surface area contributed by atoms with Gasteiger partial charge in [0, 0.05) is 11.1 Å². The van der Waals surface area contributed by atoms with E-state index in [-0.39, 0.29) is 6.04 Å². The second kappa shape index (κ2) is 5.86. The van der Waals surface area contributed by atoms with Gasteiger partial charge in [0.15, 0.2) is 0 Å². The first kappa shape index (κ1) is 13.5. The van der Waals surface area contributed by atoms with Crippen LogP contribution in [0.5, 0.6) is 5.75 Å². The zero-order valence-electron chi connectivity index (χ0n) is 11.2. The fourth-order valence-electron chi connectivity index (χ4n) is 2.62. The standard InChI is InChI=1S/C17H18ClNO/c18-13-6-8-14(9-7-13)20-11-17(19)16-10-15(16)12-4-2-1-3-5-12/h1-9,15-17H,10-11,19H2. The number of halogens is 1. The van der Waals surface area contributed by atoms with Gasteiger partial charge in [-0.1, -0.05) is 41.9 Å². The van der Waals surface area contributed by atoms with Crippen LogP contribution in [0.3, 0.4) is 0 Å². The Morgan fingerprint density at radius 2 is 1.80 bits per heavy atom. The van der Waals surface area contributed by atoms with Gasteiger partial charge in [-0.2, -0.15) is 0 Å². The van der Waals surface area contributed by atoms with Crippen LogP contribution in [0, 0.1) is 5.92 Å². The van der Waals surface area contributed by atoms with Crippen molar-refractivity contribution in [3.05, 3.63) is 65.2 Å². The van der Waals surface area contributed by atoms with E-state index in [0.717, 1.165) is 12.2 Å². The van der Waals surface area contributed by atoms with Crippen molar-refractivity contribution in [3.8, 4) is 5.75 Å². The quantitative estimate of drug-likeness (QED) is 0.906. The molecule has 1 saturated carbocycles. The molecule has 3 atom stereocenters. The highest BCUT2D eigenvalue weighted by atomic mass is 35.5. The Balaban J connectivity index is 1.51. The van der Waals surface area contributed by atoms with E-state index in [1.807, 2.05) is 30.3 Å². The Morgan fingerprint density at radius 1 is 1.10 bits per heavy atom. The molecule has 0 radical (unpaired) electrons. The first-order valence-corrected chi connectivity index (χ1v) is 7.31. The molecule has 2 aromatic carbocycles. The average Bonchev–Trinajstić information content (AvgIpc) is 3.28. The van der Waals surface area contributed by atoms with Crippen LogP contribution in [0.1, 0.15) is 17.9 Å². The molecule has 3 unspecified atom stereocenters. The molecule has 2 N–H and O–H groups in total. The molecule has 0 bridgehead atoms. The zero-order valence-corrected chi connectivity index (χ0v) is 12.0. The minimum atomic E-state index is 0.0795. The van der Waals surface area contributed by atoms with Crippen molar-refractivity contribution >= 4 is 11.6 Å².